The summed E-state index contributed by atoms with van der Waals surface area (Å²) in [6.07, 6.45) is 1.38. The van der Waals surface area contributed by atoms with Gasteiger partial charge in [-0.25, -0.2) is 9.18 Å². The standard InChI is InChI=1S/C28H28FNO4/c29-23-15-13-20(14-16-23)8-7-17-34-24-18-25(28(32)33)30(19-24)27(31)26(21-9-3-1-4-10-21)22-11-5-2-6-12-22/h1-6,9-16,24-26H,7-8,17-19H2,(H,32,33)/t24-,25-/m0/s1. The molecule has 34 heavy (non-hydrogen) atoms. The average molecular weight is 462 g/mol. The number of ether oxygens (including phenoxy) is 1. The number of likely N-dealkylation sites (tertiary alicyclic amines) is 1. The van der Waals surface area contributed by atoms with E-state index in [-0.39, 0.29) is 30.8 Å². The Labute approximate surface area is 198 Å². The molecule has 1 aliphatic heterocycles. The molecule has 1 saturated heterocycles. The average Bonchev–Trinajstić information content (AvgIpc) is 3.29. The Morgan fingerprint density at radius 3 is 2.09 bits per heavy atom. The van der Waals surface area contributed by atoms with Gasteiger partial charge in [-0.1, -0.05) is 72.8 Å². The van der Waals surface area contributed by atoms with Crippen LogP contribution in [0.5, 0.6) is 0 Å². The van der Waals surface area contributed by atoms with E-state index in [1.54, 1.807) is 12.1 Å². The number of carboxylic acids is 1. The second-order valence-electron chi connectivity index (χ2n) is 8.56. The minimum Gasteiger partial charge on any atom is -0.480 e. The molecule has 3 aromatic carbocycles. The maximum absolute atomic E-state index is 13.7. The van der Waals surface area contributed by atoms with E-state index in [4.69, 9.17) is 4.74 Å². The topological polar surface area (TPSA) is 66.8 Å². The number of rotatable bonds is 9. The Bertz CT molecular complexity index is 1050. The van der Waals surface area contributed by atoms with Crippen molar-refractivity contribution in [3.05, 3.63) is 107 Å². The number of amides is 1. The van der Waals surface area contributed by atoms with Crippen LogP contribution in [-0.2, 0) is 20.7 Å². The molecular formula is C28H28FNO4. The number of hydrogen-bond acceptors (Lipinski definition) is 3. The lowest BCUT2D eigenvalue weighted by Crippen LogP contribution is -2.43. The fourth-order valence-corrected chi connectivity index (χ4v) is 4.51. The molecule has 3 aromatic rings. The fraction of sp³-hybridized carbons (Fsp3) is 0.286. The van der Waals surface area contributed by atoms with Crippen molar-refractivity contribution in [2.75, 3.05) is 13.2 Å². The van der Waals surface area contributed by atoms with Crippen molar-refractivity contribution in [3.63, 3.8) is 0 Å². The smallest absolute Gasteiger partial charge is 0.326 e. The van der Waals surface area contributed by atoms with Crippen molar-refractivity contribution < 1.29 is 23.8 Å². The van der Waals surface area contributed by atoms with Gasteiger partial charge in [0.15, 0.2) is 0 Å². The zero-order valence-electron chi connectivity index (χ0n) is 18.8. The van der Waals surface area contributed by atoms with E-state index in [0.29, 0.717) is 6.61 Å². The van der Waals surface area contributed by atoms with Crippen LogP contribution < -0.4 is 0 Å². The lowest BCUT2D eigenvalue weighted by atomic mass is 9.90. The first-order chi connectivity index (χ1) is 16.5. The minimum atomic E-state index is -1.02. The highest BCUT2D eigenvalue weighted by atomic mass is 19.1. The van der Waals surface area contributed by atoms with Gasteiger partial charge in [-0.2, -0.15) is 0 Å². The highest BCUT2D eigenvalue weighted by molar-refractivity contribution is 5.91. The van der Waals surface area contributed by atoms with Crippen LogP contribution in [0.4, 0.5) is 4.39 Å². The van der Waals surface area contributed by atoms with Crippen LogP contribution in [-0.4, -0.2) is 47.2 Å². The molecule has 176 valence electrons. The lowest BCUT2D eigenvalue weighted by Gasteiger charge is -2.27. The van der Waals surface area contributed by atoms with Gasteiger partial charge in [0.05, 0.1) is 12.0 Å². The molecule has 0 spiro atoms. The zero-order chi connectivity index (χ0) is 23.9. The molecule has 0 bridgehead atoms. The summed E-state index contributed by atoms with van der Waals surface area (Å²) in [6.45, 7) is 0.680. The van der Waals surface area contributed by atoms with Gasteiger partial charge in [0.2, 0.25) is 5.91 Å². The number of hydrogen-bond donors (Lipinski definition) is 1. The molecule has 4 rings (SSSR count). The second-order valence-corrected chi connectivity index (χ2v) is 8.56. The van der Waals surface area contributed by atoms with Crippen LogP contribution in [0, 0.1) is 5.82 Å². The Morgan fingerprint density at radius 1 is 0.941 bits per heavy atom. The summed E-state index contributed by atoms with van der Waals surface area (Å²) in [5, 5.41) is 9.84. The van der Waals surface area contributed by atoms with Crippen molar-refractivity contribution in [1.82, 2.24) is 4.90 Å². The third-order valence-electron chi connectivity index (χ3n) is 6.22. The monoisotopic (exact) mass is 461 g/mol. The first-order valence-electron chi connectivity index (χ1n) is 11.5. The predicted molar refractivity (Wildman–Crippen MR) is 127 cm³/mol. The molecule has 1 fully saturated rings. The summed E-state index contributed by atoms with van der Waals surface area (Å²) in [5.74, 6) is -2.10. The Kier molecular flexibility index (Phi) is 7.70. The Morgan fingerprint density at radius 2 is 1.53 bits per heavy atom. The first kappa shape index (κ1) is 23.6. The van der Waals surface area contributed by atoms with E-state index in [9.17, 15) is 19.1 Å². The van der Waals surface area contributed by atoms with Crippen molar-refractivity contribution in [3.8, 4) is 0 Å². The molecule has 1 aliphatic rings. The summed E-state index contributed by atoms with van der Waals surface area (Å²) in [4.78, 5) is 27.2. The van der Waals surface area contributed by atoms with E-state index in [2.05, 4.69) is 0 Å². The van der Waals surface area contributed by atoms with Gasteiger partial charge in [-0.15, -0.1) is 0 Å². The van der Waals surface area contributed by atoms with Crippen molar-refractivity contribution in [2.24, 2.45) is 0 Å². The molecule has 6 heteroatoms. The zero-order valence-corrected chi connectivity index (χ0v) is 18.8. The maximum Gasteiger partial charge on any atom is 0.326 e. The summed E-state index contributed by atoms with van der Waals surface area (Å²) in [5.41, 5.74) is 2.67. The van der Waals surface area contributed by atoms with Crippen molar-refractivity contribution in [2.45, 2.75) is 37.3 Å². The molecule has 0 unspecified atom stereocenters. The number of carboxylic acid groups (broad SMARTS) is 1. The Balaban J connectivity index is 1.44. The molecular weight excluding hydrogens is 433 g/mol. The molecule has 0 radical (unpaired) electrons. The molecule has 1 N–H and O–H groups in total. The summed E-state index contributed by atoms with van der Waals surface area (Å²) < 4.78 is 19.0. The molecule has 1 amide bonds. The molecule has 5 nitrogen and oxygen atoms in total. The highest BCUT2D eigenvalue weighted by Gasteiger charge is 2.42. The number of carbonyl (C=O) groups excluding carboxylic acids is 1. The van der Waals surface area contributed by atoms with Crippen LogP contribution in [0.2, 0.25) is 0 Å². The summed E-state index contributed by atoms with van der Waals surface area (Å²) >= 11 is 0. The second kappa shape index (κ2) is 11.1. The minimum absolute atomic E-state index is 0.234. The number of aryl methyl sites for hydroxylation is 1. The number of carbonyl (C=O) groups is 2. The third-order valence-corrected chi connectivity index (χ3v) is 6.22. The van der Waals surface area contributed by atoms with Gasteiger partial charge >= 0.3 is 5.97 Å². The first-order valence-corrected chi connectivity index (χ1v) is 11.5. The number of benzene rings is 3. The van der Waals surface area contributed by atoms with Gasteiger partial charge in [-0.3, -0.25) is 4.79 Å². The number of nitrogens with zero attached hydrogens (tertiary/aromatic N) is 1. The van der Waals surface area contributed by atoms with Crippen molar-refractivity contribution in [1.29, 1.82) is 0 Å². The van der Waals surface area contributed by atoms with E-state index in [1.807, 2.05) is 60.7 Å². The van der Waals surface area contributed by atoms with Gasteiger partial charge < -0.3 is 14.7 Å². The molecule has 2 atom stereocenters. The lowest BCUT2D eigenvalue weighted by molar-refractivity contribution is -0.148. The van der Waals surface area contributed by atoms with Crippen LogP contribution in [0.3, 0.4) is 0 Å². The van der Waals surface area contributed by atoms with Gasteiger partial charge in [0.25, 0.3) is 0 Å². The van der Waals surface area contributed by atoms with Crippen LogP contribution >= 0.6 is 0 Å². The third kappa shape index (κ3) is 5.69. The quantitative estimate of drug-likeness (QED) is 0.471. The van der Waals surface area contributed by atoms with Crippen LogP contribution in [0.25, 0.3) is 0 Å². The Hall–Kier alpha value is -3.51. The summed E-state index contributed by atoms with van der Waals surface area (Å²) in [7, 11) is 0. The molecule has 0 aromatic heterocycles. The summed E-state index contributed by atoms with van der Waals surface area (Å²) in [6, 6.07) is 24.3. The molecule has 0 saturated carbocycles. The van der Waals surface area contributed by atoms with E-state index < -0.39 is 17.9 Å². The number of halogens is 1. The molecule has 0 aliphatic carbocycles. The maximum atomic E-state index is 13.7. The normalized spacial score (nSPS) is 17.8. The molecule has 1 heterocycles. The van der Waals surface area contributed by atoms with Crippen LogP contribution in [0.1, 0.15) is 35.4 Å². The number of aliphatic carboxylic acids is 1. The van der Waals surface area contributed by atoms with E-state index in [0.717, 1.165) is 29.5 Å². The fourth-order valence-electron chi connectivity index (χ4n) is 4.51. The van der Waals surface area contributed by atoms with E-state index in [1.165, 1.54) is 17.0 Å². The van der Waals surface area contributed by atoms with Gasteiger partial charge in [-0.05, 0) is 41.7 Å². The SMILES string of the molecule is O=C(O)[C@@H]1C[C@H](OCCCc2ccc(F)cc2)CN1C(=O)C(c1ccccc1)c1ccccc1. The predicted octanol–water partition coefficient (Wildman–Crippen LogP) is 4.66. The van der Waals surface area contributed by atoms with E-state index >= 15 is 0 Å². The van der Waals surface area contributed by atoms with Crippen molar-refractivity contribution >= 4 is 11.9 Å². The van der Waals surface area contributed by atoms with Gasteiger partial charge in [0, 0.05) is 19.6 Å². The van der Waals surface area contributed by atoms with Crippen LogP contribution in [0.15, 0.2) is 84.9 Å². The largest absolute Gasteiger partial charge is 0.480 e. The highest BCUT2D eigenvalue weighted by Crippen LogP contribution is 2.31. The van der Waals surface area contributed by atoms with Gasteiger partial charge in [0.1, 0.15) is 11.9 Å².